The Morgan fingerprint density at radius 3 is 3.07 bits per heavy atom. The van der Waals surface area contributed by atoms with Crippen LogP contribution in [0.1, 0.15) is 18.2 Å². The summed E-state index contributed by atoms with van der Waals surface area (Å²) in [6.07, 6.45) is 2.30. The van der Waals surface area contributed by atoms with E-state index in [2.05, 4.69) is 16.7 Å². The molecule has 0 amide bonds. The van der Waals surface area contributed by atoms with Crippen molar-refractivity contribution >= 4 is 22.5 Å². The monoisotopic (exact) mass is 220 g/mol. The van der Waals surface area contributed by atoms with Gasteiger partial charge in [-0.2, -0.15) is 0 Å². The Morgan fingerprint density at radius 1 is 1.40 bits per heavy atom. The lowest BCUT2D eigenvalue weighted by Gasteiger charge is -2.12. The summed E-state index contributed by atoms with van der Waals surface area (Å²) in [4.78, 5) is 0. The molecule has 2 N–H and O–H groups in total. The van der Waals surface area contributed by atoms with E-state index in [4.69, 9.17) is 17.3 Å². The minimum atomic E-state index is 0.471. The summed E-state index contributed by atoms with van der Waals surface area (Å²) in [5.41, 5.74) is 8.44. The fourth-order valence-corrected chi connectivity index (χ4v) is 2.74. The van der Waals surface area contributed by atoms with E-state index in [0.29, 0.717) is 6.04 Å². The fourth-order valence-electron chi connectivity index (χ4n) is 2.55. The fraction of sp³-hybridized carbons (Fsp3) is 0.333. The third-order valence-corrected chi connectivity index (χ3v) is 3.49. The first-order valence-electron chi connectivity index (χ1n) is 5.29. The Balaban J connectivity index is 2.27. The molecule has 1 atom stereocenters. The second-order valence-corrected chi connectivity index (χ2v) is 4.57. The van der Waals surface area contributed by atoms with Crippen molar-refractivity contribution in [3.63, 3.8) is 0 Å². The molecule has 1 aliphatic rings. The Morgan fingerprint density at radius 2 is 2.27 bits per heavy atom. The maximum Gasteiger partial charge on any atom is 0.0486 e. The van der Waals surface area contributed by atoms with Crippen LogP contribution in [-0.2, 0) is 6.42 Å². The van der Waals surface area contributed by atoms with E-state index in [1.807, 2.05) is 12.1 Å². The molecule has 15 heavy (non-hydrogen) atoms. The Labute approximate surface area is 93.6 Å². The van der Waals surface area contributed by atoms with Crippen molar-refractivity contribution in [1.29, 1.82) is 0 Å². The SMILES string of the molecule is NCC1CCc2cc3cc(Cl)ccc3n21. The van der Waals surface area contributed by atoms with E-state index in [9.17, 15) is 0 Å². The molecule has 0 radical (unpaired) electrons. The Kier molecular flexibility index (Phi) is 2.01. The van der Waals surface area contributed by atoms with Gasteiger partial charge in [-0.1, -0.05) is 11.6 Å². The second kappa shape index (κ2) is 3.26. The minimum Gasteiger partial charge on any atom is -0.340 e. The number of aromatic nitrogens is 1. The van der Waals surface area contributed by atoms with Crippen LogP contribution in [0.15, 0.2) is 24.3 Å². The number of aryl methyl sites for hydroxylation is 1. The number of benzene rings is 1. The molecule has 1 aromatic heterocycles. The lowest BCUT2D eigenvalue weighted by Crippen LogP contribution is -2.15. The van der Waals surface area contributed by atoms with Crippen molar-refractivity contribution in [3.05, 3.63) is 35.0 Å². The van der Waals surface area contributed by atoms with Gasteiger partial charge in [0, 0.05) is 34.2 Å². The quantitative estimate of drug-likeness (QED) is 0.787. The van der Waals surface area contributed by atoms with Crippen LogP contribution in [0, 0.1) is 0 Å². The van der Waals surface area contributed by atoms with Gasteiger partial charge in [-0.3, -0.25) is 0 Å². The van der Waals surface area contributed by atoms with Crippen LogP contribution >= 0.6 is 11.6 Å². The lowest BCUT2D eigenvalue weighted by molar-refractivity contribution is 0.553. The highest BCUT2D eigenvalue weighted by atomic mass is 35.5. The first-order valence-corrected chi connectivity index (χ1v) is 5.67. The standard InChI is InChI=1S/C12H13ClN2/c13-9-1-4-12-8(5-9)6-10-2-3-11(7-14)15(10)12/h1,4-6,11H,2-3,7,14H2. The molecule has 2 heterocycles. The number of rotatable bonds is 1. The molecular weight excluding hydrogens is 208 g/mol. The molecule has 0 fully saturated rings. The first kappa shape index (κ1) is 9.25. The number of halogens is 1. The van der Waals surface area contributed by atoms with Gasteiger partial charge in [0.1, 0.15) is 0 Å². The predicted molar refractivity (Wildman–Crippen MR) is 63.4 cm³/mol. The molecule has 0 spiro atoms. The average Bonchev–Trinajstić information content (AvgIpc) is 2.74. The second-order valence-electron chi connectivity index (χ2n) is 4.14. The number of hydrogen-bond acceptors (Lipinski definition) is 1. The molecule has 2 nitrogen and oxygen atoms in total. The van der Waals surface area contributed by atoms with Crippen LogP contribution < -0.4 is 5.73 Å². The zero-order chi connectivity index (χ0) is 10.4. The van der Waals surface area contributed by atoms with E-state index < -0.39 is 0 Å². The Hall–Kier alpha value is -0.990. The Bertz CT molecular complexity index is 516. The maximum atomic E-state index is 5.98. The molecule has 3 heteroatoms. The van der Waals surface area contributed by atoms with Crippen LogP contribution in [-0.4, -0.2) is 11.1 Å². The van der Waals surface area contributed by atoms with Crippen LogP contribution in [0.25, 0.3) is 10.9 Å². The number of nitrogens with zero attached hydrogens (tertiary/aromatic N) is 1. The topological polar surface area (TPSA) is 30.9 Å². The molecule has 1 aromatic carbocycles. The van der Waals surface area contributed by atoms with E-state index in [0.717, 1.165) is 18.0 Å². The zero-order valence-corrected chi connectivity index (χ0v) is 9.17. The highest BCUT2D eigenvalue weighted by Crippen LogP contribution is 2.33. The molecule has 0 aliphatic carbocycles. The van der Waals surface area contributed by atoms with Crippen molar-refractivity contribution in [2.45, 2.75) is 18.9 Å². The van der Waals surface area contributed by atoms with Crippen molar-refractivity contribution in [1.82, 2.24) is 4.57 Å². The maximum absolute atomic E-state index is 5.98. The first-order chi connectivity index (χ1) is 7.29. The summed E-state index contributed by atoms with van der Waals surface area (Å²) in [6.45, 7) is 0.722. The van der Waals surface area contributed by atoms with Crippen LogP contribution in [0.3, 0.4) is 0 Å². The van der Waals surface area contributed by atoms with E-state index in [1.165, 1.54) is 23.0 Å². The van der Waals surface area contributed by atoms with E-state index >= 15 is 0 Å². The molecule has 0 bridgehead atoms. The van der Waals surface area contributed by atoms with Gasteiger partial charge in [0.15, 0.2) is 0 Å². The van der Waals surface area contributed by atoms with Crippen molar-refractivity contribution in [2.24, 2.45) is 5.73 Å². The molecule has 0 saturated carbocycles. The summed E-state index contributed by atoms with van der Waals surface area (Å²) < 4.78 is 2.37. The smallest absolute Gasteiger partial charge is 0.0486 e. The predicted octanol–water partition coefficient (Wildman–Crippen LogP) is 2.74. The van der Waals surface area contributed by atoms with Crippen LogP contribution in [0.4, 0.5) is 0 Å². The van der Waals surface area contributed by atoms with Gasteiger partial charge in [0.2, 0.25) is 0 Å². The number of fused-ring (bicyclic) bond motifs is 3. The van der Waals surface area contributed by atoms with Gasteiger partial charge in [-0.15, -0.1) is 0 Å². The zero-order valence-electron chi connectivity index (χ0n) is 8.41. The molecule has 0 saturated heterocycles. The third kappa shape index (κ3) is 1.29. The number of nitrogens with two attached hydrogens (primary N) is 1. The van der Waals surface area contributed by atoms with E-state index in [1.54, 1.807) is 0 Å². The number of hydrogen-bond donors (Lipinski definition) is 1. The highest BCUT2D eigenvalue weighted by Gasteiger charge is 2.22. The molecule has 3 rings (SSSR count). The third-order valence-electron chi connectivity index (χ3n) is 3.25. The van der Waals surface area contributed by atoms with Crippen molar-refractivity contribution in [2.75, 3.05) is 6.54 Å². The highest BCUT2D eigenvalue weighted by molar-refractivity contribution is 6.31. The molecule has 78 valence electrons. The van der Waals surface area contributed by atoms with Gasteiger partial charge < -0.3 is 10.3 Å². The minimum absolute atomic E-state index is 0.471. The molecule has 1 aliphatic heterocycles. The van der Waals surface area contributed by atoms with Gasteiger partial charge >= 0.3 is 0 Å². The summed E-state index contributed by atoms with van der Waals surface area (Å²) in [5, 5.41) is 2.03. The van der Waals surface area contributed by atoms with Crippen molar-refractivity contribution in [3.8, 4) is 0 Å². The summed E-state index contributed by atoms with van der Waals surface area (Å²) >= 11 is 5.98. The van der Waals surface area contributed by atoms with Gasteiger partial charge in [0.25, 0.3) is 0 Å². The average molecular weight is 221 g/mol. The summed E-state index contributed by atoms with van der Waals surface area (Å²) in [7, 11) is 0. The molecule has 2 aromatic rings. The van der Waals surface area contributed by atoms with Crippen molar-refractivity contribution < 1.29 is 0 Å². The lowest BCUT2D eigenvalue weighted by atomic mass is 10.1. The molecule has 1 unspecified atom stereocenters. The van der Waals surface area contributed by atoms with Gasteiger partial charge in [-0.25, -0.2) is 0 Å². The molecular formula is C12H13ClN2. The van der Waals surface area contributed by atoms with Gasteiger partial charge in [0.05, 0.1) is 0 Å². The summed E-state index contributed by atoms with van der Waals surface area (Å²) in [6, 6.07) is 8.77. The van der Waals surface area contributed by atoms with E-state index in [-0.39, 0.29) is 0 Å². The summed E-state index contributed by atoms with van der Waals surface area (Å²) in [5.74, 6) is 0. The van der Waals surface area contributed by atoms with Crippen LogP contribution in [0.5, 0.6) is 0 Å². The van der Waals surface area contributed by atoms with Gasteiger partial charge in [-0.05, 0) is 37.1 Å². The largest absolute Gasteiger partial charge is 0.340 e. The normalized spacial score (nSPS) is 19.7. The van der Waals surface area contributed by atoms with Crippen LogP contribution in [0.2, 0.25) is 5.02 Å².